The van der Waals surface area contributed by atoms with E-state index in [9.17, 15) is 0 Å². The lowest BCUT2D eigenvalue weighted by Gasteiger charge is -2.26. The maximum absolute atomic E-state index is 8.92. The Hall–Kier alpha value is -1.60. The maximum atomic E-state index is 8.92. The van der Waals surface area contributed by atoms with Crippen molar-refractivity contribution in [2.24, 2.45) is 0 Å². The van der Waals surface area contributed by atoms with Crippen LogP contribution in [0.2, 0.25) is 0 Å². The van der Waals surface area contributed by atoms with E-state index in [1.54, 1.807) is 12.3 Å². The van der Waals surface area contributed by atoms with Crippen LogP contribution in [0.15, 0.2) is 18.3 Å². The second-order valence-electron chi connectivity index (χ2n) is 4.62. The number of nitriles is 1. The van der Waals surface area contributed by atoms with Gasteiger partial charge in [0.25, 0.3) is 0 Å². The van der Waals surface area contributed by atoms with Gasteiger partial charge in [0.15, 0.2) is 0 Å². The number of hydrogen-bond donors (Lipinski definition) is 0. The van der Waals surface area contributed by atoms with Gasteiger partial charge in [0.1, 0.15) is 5.82 Å². The summed E-state index contributed by atoms with van der Waals surface area (Å²) in [6.45, 7) is 8.66. The number of nitrogens with zero attached hydrogens (tertiary/aromatic N) is 4. The highest BCUT2D eigenvalue weighted by atomic mass is 15.3. The fourth-order valence-electron chi connectivity index (χ4n) is 2.65. The van der Waals surface area contributed by atoms with Gasteiger partial charge in [-0.25, -0.2) is 4.98 Å². The van der Waals surface area contributed by atoms with Crippen LogP contribution in [-0.4, -0.2) is 42.1 Å². The van der Waals surface area contributed by atoms with Crippen molar-refractivity contribution in [3.05, 3.63) is 23.9 Å². The Morgan fingerprint density at radius 1 is 1.50 bits per heavy atom. The monoisotopic (exact) mass is 244 g/mol. The Kier molecular flexibility index (Phi) is 4.16. The average Bonchev–Trinajstić information content (AvgIpc) is 2.90. The third-order valence-corrected chi connectivity index (χ3v) is 3.69. The molecule has 1 atom stereocenters. The molecule has 1 aliphatic heterocycles. The summed E-state index contributed by atoms with van der Waals surface area (Å²) in [5.74, 6) is 0.934. The van der Waals surface area contributed by atoms with E-state index in [0.29, 0.717) is 11.6 Å². The molecule has 1 aromatic heterocycles. The van der Waals surface area contributed by atoms with E-state index < -0.39 is 0 Å². The van der Waals surface area contributed by atoms with Gasteiger partial charge in [-0.15, -0.1) is 0 Å². The first-order valence-electron chi connectivity index (χ1n) is 6.63. The van der Waals surface area contributed by atoms with Crippen LogP contribution in [0.4, 0.5) is 5.82 Å². The predicted octanol–water partition coefficient (Wildman–Crippen LogP) is 1.87. The first kappa shape index (κ1) is 12.8. The first-order chi connectivity index (χ1) is 8.78. The number of pyridine rings is 1. The van der Waals surface area contributed by atoms with Crippen LogP contribution in [0.3, 0.4) is 0 Å². The molecule has 0 aliphatic carbocycles. The van der Waals surface area contributed by atoms with Crippen molar-refractivity contribution < 1.29 is 0 Å². The van der Waals surface area contributed by atoms with Gasteiger partial charge in [-0.3, -0.25) is 4.90 Å². The fourth-order valence-corrected chi connectivity index (χ4v) is 2.65. The second kappa shape index (κ2) is 5.83. The summed E-state index contributed by atoms with van der Waals surface area (Å²) in [5.41, 5.74) is 0.686. The van der Waals surface area contributed by atoms with Gasteiger partial charge in [0, 0.05) is 25.3 Å². The van der Waals surface area contributed by atoms with Crippen molar-refractivity contribution in [3.63, 3.8) is 0 Å². The van der Waals surface area contributed by atoms with E-state index >= 15 is 0 Å². The van der Waals surface area contributed by atoms with Crippen LogP contribution >= 0.6 is 0 Å². The van der Waals surface area contributed by atoms with E-state index in [4.69, 9.17) is 5.26 Å². The molecule has 1 aliphatic rings. The molecule has 4 heteroatoms. The van der Waals surface area contributed by atoms with E-state index in [1.165, 1.54) is 6.42 Å². The maximum Gasteiger partial charge on any atom is 0.129 e. The quantitative estimate of drug-likeness (QED) is 0.811. The molecule has 0 amide bonds. The average molecular weight is 244 g/mol. The topological polar surface area (TPSA) is 43.2 Å². The Morgan fingerprint density at radius 3 is 2.94 bits per heavy atom. The third-order valence-electron chi connectivity index (χ3n) is 3.69. The molecule has 0 spiro atoms. The molecule has 2 heterocycles. The van der Waals surface area contributed by atoms with Crippen LogP contribution in [0.5, 0.6) is 0 Å². The van der Waals surface area contributed by atoms with Gasteiger partial charge in [-0.2, -0.15) is 5.26 Å². The summed E-state index contributed by atoms with van der Waals surface area (Å²) in [7, 11) is 0. The molecule has 0 saturated carbocycles. The van der Waals surface area contributed by atoms with Crippen molar-refractivity contribution in [1.29, 1.82) is 5.26 Å². The molecule has 0 aromatic carbocycles. The van der Waals surface area contributed by atoms with E-state index in [0.717, 1.165) is 32.0 Å². The molecular weight excluding hydrogens is 224 g/mol. The lowest BCUT2D eigenvalue weighted by Crippen LogP contribution is -2.37. The molecule has 96 valence electrons. The van der Waals surface area contributed by atoms with Gasteiger partial charge in [0.05, 0.1) is 11.6 Å². The van der Waals surface area contributed by atoms with E-state index in [1.807, 2.05) is 6.07 Å². The van der Waals surface area contributed by atoms with E-state index in [-0.39, 0.29) is 0 Å². The lowest BCUT2D eigenvalue weighted by molar-refractivity contribution is 0.232. The Labute approximate surface area is 109 Å². The van der Waals surface area contributed by atoms with Crippen LogP contribution in [0.1, 0.15) is 25.8 Å². The zero-order valence-electron chi connectivity index (χ0n) is 11.1. The molecule has 0 N–H and O–H groups in total. The molecule has 0 radical (unpaired) electrons. The SMILES string of the molecule is CCN(CC)C1CCN(c2cc(C#N)ccn2)C1. The Bertz CT molecular complexity index is 434. The summed E-state index contributed by atoms with van der Waals surface area (Å²) in [5, 5.41) is 8.92. The van der Waals surface area contributed by atoms with Crippen molar-refractivity contribution in [1.82, 2.24) is 9.88 Å². The Balaban J connectivity index is 2.06. The molecular formula is C14H20N4. The molecule has 2 rings (SSSR count). The van der Waals surface area contributed by atoms with Gasteiger partial charge in [0.2, 0.25) is 0 Å². The van der Waals surface area contributed by atoms with Gasteiger partial charge >= 0.3 is 0 Å². The van der Waals surface area contributed by atoms with Crippen LogP contribution in [0, 0.1) is 11.3 Å². The highest BCUT2D eigenvalue weighted by Crippen LogP contribution is 2.21. The van der Waals surface area contributed by atoms with Crippen molar-refractivity contribution in [2.75, 3.05) is 31.1 Å². The number of likely N-dealkylation sites (N-methyl/N-ethyl adjacent to an activating group) is 1. The zero-order chi connectivity index (χ0) is 13.0. The lowest BCUT2D eigenvalue weighted by atomic mass is 10.2. The molecule has 1 fully saturated rings. The van der Waals surface area contributed by atoms with Gasteiger partial charge in [-0.1, -0.05) is 13.8 Å². The molecule has 18 heavy (non-hydrogen) atoms. The largest absolute Gasteiger partial charge is 0.355 e. The number of aromatic nitrogens is 1. The van der Waals surface area contributed by atoms with E-state index in [2.05, 4.69) is 34.7 Å². The predicted molar refractivity (Wildman–Crippen MR) is 72.5 cm³/mol. The van der Waals surface area contributed by atoms with Gasteiger partial charge < -0.3 is 4.90 Å². The van der Waals surface area contributed by atoms with Crippen LogP contribution < -0.4 is 4.90 Å². The standard InChI is InChI=1S/C14H20N4/c1-3-17(4-2)13-6-8-18(11-13)14-9-12(10-15)5-7-16-14/h5,7,9,13H,3-4,6,8,11H2,1-2H3. The Morgan fingerprint density at radius 2 is 2.28 bits per heavy atom. The summed E-state index contributed by atoms with van der Waals surface area (Å²) in [4.78, 5) is 9.15. The third kappa shape index (κ3) is 2.62. The van der Waals surface area contributed by atoms with Gasteiger partial charge in [-0.05, 0) is 31.6 Å². The van der Waals surface area contributed by atoms with Crippen molar-refractivity contribution >= 4 is 5.82 Å². The molecule has 1 saturated heterocycles. The van der Waals surface area contributed by atoms with Crippen molar-refractivity contribution in [3.8, 4) is 6.07 Å². The molecule has 4 nitrogen and oxygen atoms in total. The fraction of sp³-hybridized carbons (Fsp3) is 0.571. The highest BCUT2D eigenvalue weighted by molar-refractivity contribution is 5.45. The van der Waals surface area contributed by atoms with Crippen LogP contribution in [-0.2, 0) is 0 Å². The minimum atomic E-state index is 0.618. The smallest absolute Gasteiger partial charge is 0.129 e. The number of anilines is 1. The normalized spacial score (nSPS) is 19.2. The summed E-state index contributed by atoms with van der Waals surface area (Å²) < 4.78 is 0. The second-order valence-corrected chi connectivity index (χ2v) is 4.62. The molecule has 0 bridgehead atoms. The number of hydrogen-bond acceptors (Lipinski definition) is 4. The zero-order valence-corrected chi connectivity index (χ0v) is 11.1. The summed E-state index contributed by atoms with van der Waals surface area (Å²) >= 11 is 0. The highest BCUT2D eigenvalue weighted by Gasteiger charge is 2.26. The van der Waals surface area contributed by atoms with Crippen molar-refractivity contribution in [2.45, 2.75) is 26.3 Å². The summed E-state index contributed by atoms with van der Waals surface area (Å²) in [6.07, 6.45) is 2.90. The molecule has 1 aromatic rings. The van der Waals surface area contributed by atoms with Crippen LogP contribution in [0.25, 0.3) is 0 Å². The molecule has 1 unspecified atom stereocenters. The number of rotatable bonds is 4. The first-order valence-corrected chi connectivity index (χ1v) is 6.63. The summed E-state index contributed by atoms with van der Waals surface area (Å²) in [6, 6.07) is 6.42. The minimum absolute atomic E-state index is 0.618. The minimum Gasteiger partial charge on any atom is -0.355 e.